The summed E-state index contributed by atoms with van der Waals surface area (Å²) in [6, 6.07) is 43.4. The monoisotopic (exact) mass is 797 g/mol. The Morgan fingerprint density at radius 3 is 1.79 bits per heavy atom. The standard InChI is InChI=1S/C40H22N6O.Pt/c1-3-9-25(10-4-1)34-23-45-36-14-8-19-41-37(36)30-18-16-28(22-33(30)39(45)43-34)47-27-15-17-29-31-13-7-20-42-38(31)46-24-35(26-11-5-2-6-12-26)44-40(46)32(29)21-27;/h1-20,23-24H;/q-2;+2. The van der Waals surface area contributed by atoms with Crippen molar-refractivity contribution in [1.29, 1.82) is 0 Å². The molecule has 0 unspecified atom stereocenters. The number of pyridine rings is 4. The quantitative estimate of drug-likeness (QED) is 0.131. The SMILES string of the molecule is [Pt+2].[c-]1c(Oc2[c-]c3c(cc2)c2cccnc2n2cc(-c4ccccc4)nc32)ccc2c1c1nc(-c3ccccc3)cn1c1cccnc21. The van der Waals surface area contributed by atoms with Crippen LogP contribution in [0.4, 0.5) is 0 Å². The third-order valence-corrected chi connectivity index (χ3v) is 8.66. The van der Waals surface area contributed by atoms with Crippen molar-refractivity contribution in [2.75, 3.05) is 0 Å². The van der Waals surface area contributed by atoms with E-state index in [1.807, 2.05) is 89.7 Å². The Morgan fingerprint density at radius 2 is 1.08 bits per heavy atom. The summed E-state index contributed by atoms with van der Waals surface area (Å²) in [6.45, 7) is 0. The predicted molar refractivity (Wildman–Crippen MR) is 185 cm³/mol. The average Bonchev–Trinajstić information content (AvgIpc) is 3.80. The molecule has 0 aliphatic carbocycles. The van der Waals surface area contributed by atoms with Crippen LogP contribution in [0.25, 0.3) is 77.4 Å². The van der Waals surface area contributed by atoms with E-state index >= 15 is 0 Å². The first-order chi connectivity index (χ1) is 23.3. The normalized spacial score (nSPS) is 11.6. The first-order valence-corrected chi connectivity index (χ1v) is 15.3. The van der Waals surface area contributed by atoms with Crippen LogP contribution in [-0.4, -0.2) is 28.7 Å². The van der Waals surface area contributed by atoms with Gasteiger partial charge in [0.05, 0.1) is 33.7 Å². The third kappa shape index (κ3) is 4.39. The maximum atomic E-state index is 6.48. The van der Waals surface area contributed by atoms with Crippen molar-refractivity contribution in [3.8, 4) is 34.0 Å². The average molecular weight is 798 g/mol. The van der Waals surface area contributed by atoms with E-state index in [9.17, 15) is 0 Å². The van der Waals surface area contributed by atoms with Crippen molar-refractivity contribution in [3.63, 3.8) is 0 Å². The fourth-order valence-corrected chi connectivity index (χ4v) is 6.51. The van der Waals surface area contributed by atoms with Crippen LogP contribution in [0.2, 0.25) is 0 Å². The van der Waals surface area contributed by atoms with Crippen LogP contribution in [0.1, 0.15) is 0 Å². The molecule has 10 rings (SSSR count). The number of hydrogen-bond acceptors (Lipinski definition) is 5. The van der Waals surface area contributed by atoms with E-state index in [1.165, 1.54) is 0 Å². The van der Waals surface area contributed by atoms with Crippen LogP contribution in [-0.2, 0) is 21.1 Å². The van der Waals surface area contributed by atoms with Crippen LogP contribution in [0.3, 0.4) is 0 Å². The van der Waals surface area contributed by atoms with Gasteiger partial charge in [0, 0.05) is 47.4 Å². The van der Waals surface area contributed by atoms with Gasteiger partial charge in [-0.2, -0.15) is 0 Å². The second kappa shape index (κ2) is 11.1. The van der Waals surface area contributed by atoms with Gasteiger partial charge in [0.25, 0.3) is 0 Å². The zero-order chi connectivity index (χ0) is 30.9. The van der Waals surface area contributed by atoms with Gasteiger partial charge in [-0.25, -0.2) is 4.98 Å². The second-order valence-corrected chi connectivity index (χ2v) is 11.4. The molecule has 0 radical (unpaired) electrons. The number of imidazole rings is 2. The summed E-state index contributed by atoms with van der Waals surface area (Å²) < 4.78 is 10.6. The molecule has 6 aromatic heterocycles. The molecule has 4 aromatic carbocycles. The number of ether oxygens (including phenoxy) is 1. The van der Waals surface area contributed by atoms with Gasteiger partial charge in [0.1, 0.15) is 5.65 Å². The molecule has 48 heavy (non-hydrogen) atoms. The summed E-state index contributed by atoms with van der Waals surface area (Å²) in [7, 11) is 0. The topological polar surface area (TPSA) is 69.6 Å². The maximum absolute atomic E-state index is 6.48. The minimum atomic E-state index is 0. The summed E-state index contributed by atoms with van der Waals surface area (Å²) >= 11 is 0. The molecule has 0 saturated heterocycles. The molecule has 0 bridgehead atoms. The van der Waals surface area contributed by atoms with Crippen LogP contribution in [0, 0.1) is 12.1 Å². The first-order valence-electron chi connectivity index (χ1n) is 15.3. The van der Waals surface area contributed by atoms with Gasteiger partial charge < -0.3 is 13.5 Å². The zero-order valence-corrected chi connectivity index (χ0v) is 27.4. The van der Waals surface area contributed by atoms with E-state index in [0.29, 0.717) is 11.5 Å². The molecule has 10 aromatic rings. The molecular weight excluding hydrogens is 776 g/mol. The number of aromatic nitrogens is 6. The molecule has 0 amide bonds. The van der Waals surface area contributed by atoms with Gasteiger partial charge in [-0.15, -0.1) is 12.1 Å². The summed E-state index contributed by atoms with van der Waals surface area (Å²) in [5, 5.41) is 4.66. The van der Waals surface area contributed by atoms with E-state index < -0.39 is 0 Å². The molecule has 7 nitrogen and oxygen atoms in total. The number of benzene rings is 4. The van der Waals surface area contributed by atoms with E-state index in [4.69, 9.17) is 24.7 Å². The Balaban J connectivity index is 0.00000314. The maximum Gasteiger partial charge on any atom is 2.00 e. The number of nitrogens with zero attached hydrogens (tertiary/aromatic N) is 6. The molecule has 0 atom stereocenters. The Hall–Kier alpha value is -5.91. The fraction of sp³-hybridized carbons (Fsp3) is 0. The van der Waals surface area contributed by atoms with Crippen molar-refractivity contribution in [3.05, 3.63) is 146 Å². The van der Waals surface area contributed by atoms with E-state index in [0.717, 1.165) is 77.4 Å². The Kier molecular flexibility index (Phi) is 6.56. The number of hydrogen-bond donors (Lipinski definition) is 0. The van der Waals surface area contributed by atoms with Crippen molar-refractivity contribution in [2.24, 2.45) is 0 Å². The number of rotatable bonds is 4. The smallest absolute Gasteiger partial charge is 0.497 e. The van der Waals surface area contributed by atoms with E-state index in [2.05, 4.69) is 65.2 Å². The molecule has 8 heteroatoms. The Labute approximate surface area is 288 Å². The van der Waals surface area contributed by atoms with Crippen LogP contribution in [0.15, 0.2) is 134 Å². The van der Waals surface area contributed by atoms with Crippen molar-refractivity contribution < 1.29 is 25.8 Å². The summed E-state index contributed by atoms with van der Waals surface area (Å²) in [5.74, 6) is 1.12. The molecule has 228 valence electrons. The third-order valence-electron chi connectivity index (χ3n) is 8.66. The molecule has 0 aliphatic heterocycles. The fourth-order valence-electron chi connectivity index (χ4n) is 6.51. The zero-order valence-electron chi connectivity index (χ0n) is 25.1. The predicted octanol–water partition coefficient (Wildman–Crippen LogP) is 9.11. The molecule has 0 N–H and O–H groups in total. The summed E-state index contributed by atoms with van der Waals surface area (Å²) in [4.78, 5) is 19.6. The van der Waals surface area contributed by atoms with Crippen molar-refractivity contribution >= 4 is 54.9 Å². The van der Waals surface area contributed by atoms with Crippen LogP contribution in [0.5, 0.6) is 11.5 Å². The molecular formula is C40H22N6OPt. The van der Waals surface area contributed by atoms with Gasteiger partial charge in [-0.3, -0.25) is 15.0 Å². The Bertz CT molecular complexity index is 2630. The van der Waals surface area contributed by atoms with Gasteiger partial charge in [-0.05, 0) is 23.6 Å². The summed E-state index contributed by atoms with van der Waals surface area (Å²) in [6.07, 6.45) is 7.72. The Morgan fingerprint density at radius 1 is 0.500 bits per heavy atom. The molecule has 0 saturated carbocycles. The second-order valence-electron chi connectivity index (χ2n) is 11.4. The number of fused-ring (bicyclic) bond motifs is 12. The van der Waals surface area contributed by atoms with Crippen molar-refractivity contribution in [1.82, 2.24) is 28.7 Å². The molecule has 6 heterocycles. The first kappa shape index (κ1) is 28.3. The molecule has 0 aliphatic rings. The van der Waals surface area contributed by atoms with Crippen molar-refractivity contribution in [2.45, 2.75) is 0 Å². The molecule has 0 spiro atoms. The molecule has 0 fully saturated rings. The van der Waals surface area contributed by atoms with E-state index in [1.54, 1.807) is 0 Å². The summed E-state index contributed by atoms with van der Waals surface area (Å²) in [5.41, 5.74) is 8.09. The van der Waals surface area contributed by atoms with Crippen LogP contribution < -0.4 is 4.74 Å². The minimum Gasteiger partial charge on any atom is -0.497 e. The van der Waals surface area contributed by atoms with Gasteiger partial charge in [0.2, 0.25) is 0 Å². The van der Waals surface area contributed by atoms with Gasteiger partial charge >= 0.3 is 21.1 Å². The largest absolute Gasteiger partial charge is 2.00 e. The van der Waals surface area contributed by atoms with Gasteiger partial charge in [-0.1, -0.05) is 113 Å². The van der Waals surface area contributed by atoms with Crippen LogP contribution >= 0.6 is 0 Å². The minimum absolute atomic E-state index is 0. The van der Waals surface area contributed by atoms with E-state index in [-0.39, 0.29) is 21.1 Å². The van der Waals surface area contributed by atoms with Gasteiger partial charge in [0.15, 0.2) is 0 Å².